The van der Waals surface area contributed by atoms with Crippen LogP contribution in [-0.2, 0) is 20.7 Å². The van der Waals surface area contributed by atoms with Crippen molar-refractivity contribution in [2.24, 2.45) is 5.92 Å². The van der Waals surface area contributed by atoms with Crippen LogP contribution >= 0.6 is 0 Å². The van der Waals surface area contributed by atoms with E-state index >= 15 is 0 Å². The lowest BCUT2D eigenvalue weighted by Crippen LogP contribution is -2.51. The molecule has 4 heteroatoms. The summed E-state index contributed by atoms with van der Waals surface area (Å²) >= 11 is 0. The van der Waals surface area contributed by atoms with E-state index in [0.29, 0.717) is 18.9 Å². The zero-order valence-corrected chi connectivity index (χ0v) is 15.5. The average Bonchev–Trinajstić information content (AvgIpc) is 2.66. The minimum Gasteiger partial charge on any atom is -0.384 e. The maximum atomic E-state index is 12.2. The summed E-state index contributed by atoms with van der Waals surface area (Å²) in [6.07, 6.45) is 7.43. The lowest BCUT2D eigenvalue weighted by molar-refractivity contribution is -0.133. The summed E-state index contributed by atoms with van der Waals surface area (Å²) in [6.45, 7) is 2.65. The van der Waals surface area contributed by atoms with Crippen LogP contribution in [0, 0.1) is 5.92 Å². The molecule has 1 heterocycles. The molecule has 3 rings (SSSR count). The van der Waals surface area contributed by atoms with Crippen LogP contribution in [0.1, 0.15) is 62.7 Å². The van der Waals surface area contributed by atoms with Gasteiger partial charge in [-0.05, 0) is 36.8 Å². The molecule has 1 aromatic rings. The number of aryl methyl sites for hydroxylation is 1. The van der Waals surface area contributed by atoms with E-state index in [-0.39, 0.29) is 24.2 Å². The van der Waals surface area contributed by atoms with Gasteiger partial charge in [0, 0.05) is 25.5 Å². The molecule has 1 N–H and O–H groups in total. The van der Waals surface area contributed by atoms with Crippen LogP contribution in [0.2, 0.25) is 0 Å². The number of fused-ring (bicyclic) bond motifs is 1. The summed E-state index contributed by atoms with van der Waals surface area (Å²) in [5.74, 6) is 0.546. The highest BCUT2D eigenvalue weighted by Crippen LogP contribution is 2.41. The van der Waals surface area contributed by atoms with E-state index in [2.05, 4.69) is 36.5 Å². The Hall–Kier alpha value is -1.39. The number of hydrogen-bond donors (Lipinski definition) is 1. The van der Waals surface area contributed by atoms with Gasteiger partial charge in [0.05, 0.1) is 18.8 Å². The molecule has 1 saturated heterocycles. The Morgan fingerprint density at radius 1 is 1.24 bits per heavy atom. The Balaban J connectivity index is 1.71. The van der Waals surface area contributed by atoms with Crippen molar-refractivity contribution in [1.82, 2.24) is 5.32 Å². The Labute approximate surface area is 151 Å². The minimum absolute atomic E-state index is 0.0815. The summed E-state index contributed by atoms with van der Waals surface area (Å²) < 4.78 is 11.5. The summed E-state index contributed by atoms with van der Waals surface area (Å²) in [5.41, 5.74) is 2.58. The minimum atomic E-state index is 0.0815. The van der Waals surface area contributed by atoms with Crippen molar-refractivity contribution >= 4 is 5.91 Å². The van der Waals surface area contributed by atoms with Gasteiger partial charge in [-0.2, -0.15) is 0 Å². The first kappa shape index (κ1) is 18.4. The molecule has 4 atom stereocenters. The molecule has 1 amide bonds. The zero-order valence-electron chi connectivity index (χ0n) is 15.5. The number of nitrogens with one attached hydrogen (secondary N) is 1. The Morgan fingerprint density at radius 2 is 2.00 bits per heavy atom. The molecular weight excluding hydrogens is 314 g/mol. The number of methoxy groups -OCH3 is 1. The van der Waals surface area contributed by atoms with Gasteiger partial charge in [-0.25, -0.2) is 0 Å². The van der Waals surface area contributed by atoms with Crippen molar-refractivity contribution in [3.8, 4) is 0 Å². The third-order valence-corrected chi connectivity index (χ3v) is 5.72. The van der Waals surface area contributed by atoms with Crippen LogP contribution in [0.25, 0.3) is 0 Å². The van der Waals surface area contributed by atoms with Crippen LogP contribution in [0.3, 0.4) is 0 Å². The van der Waals surface area contributed by atoms with Crippen molar-refractivity contribution in [1.29, 1.82) is 0 Å². The molecule has 4 nitrogen and oxygen atoms in total. The van der Waals surface area contributed by atoms with Gasteiger partial charge in [0.2, 0.25) is 5.91 Å². The number of hydrogen-bond acceptors (Lipinski definition) is 3. The van der Waals surface area contributed by atoms with Crippen LogP contribution in [-0.4, -0.2) is 31.8 Å². The number of amides is 1. The van der Waals surface area contributed by atoms with Crippen LogP contribution in [0.5, 0.6) is 0 Å². The van der Waals surface area contributed by atoms with E-state index in [9.17, 15) is 4.79 Å². The van der Waals surface area contributed by atoms with Gasteiger partial charge in [0.15, 0.2) is 0 Å². The van der Waals surface area contributed by atoms with Crippen molar-refractivity contribution in [2.75, 3.05) is 13.7 Å². The predicted octanol–water partition coefficient (Wildman–Crippen LogP) is 3.79. The Kier molecular flexibility index (Phi) is 6.49. The van der Waals surface area contributed by atoms with E-state index in [1.165, 1.54) is 24.0 Å². The molecule has 0 bridgehead atoms. The predicted molar refractivity (Wildman–Crippen MR) is 98.4 cm³/mol. The first-order chi connectivity index (χ1) is 12.2. The summed E-state index contributed by atoms with van der Waals surface area (Å²) in [6, 6.07) is 8.97. The summed E-state index contributed by atoms with van der Waals surface area (Å²) in [7, 11) is 1.63. The fourth-order valence-electron chi connectivity index (χ4n) is 4.25. The fourth-order valence-corrected chi connectivity index (χ4v) is 4.25. The second kappa shape index (κ2) is 8.81. The molecule has 138 valence electrons. The molecule has 0 unspecified atom stereocenters. The van der Waals surface area contributed by atoms with Crippen molar-refractivity contribution in [2.45, 2.75) is 70.1 Å². The van der Waals surface area contributed by atoms with Crippen LogP contribution in [0.4, 0.5) is 0 Å². The maximum Gasteiger partial charge on any atom is 0.222 e. The highest BCUT2D eigenvalue weighted by Gasteiger charge is 2.40. The lowest BCUT2D eigenvalue weighted by atomic mass is 9.76. The highest BCUT2D eigenvalue weighted by molar-refractivity contribution is 5.76. The quantitative estimate of drug-likeness (QED) is 0.853. The van der Waals surface area contributed by atoms with Gasteiger partial charge in [-0.1, -0.05) is 44.0 Å². The largest absolute Gasteiger partial charge is 0.384 e. The van der Waals surface area contributed by atoms with Gasteiger partial charge in [-0.3, -0.25) is 4.79 Å². The zero-order chi connectivity index (χ0) is 17.6. The molecule has 0 spiro atoms. The molecule has 2 aliphatic rings. The van der Waals surface area contributed by atoms with Crippen molar-refractivity contribution < 1.29 is 14.3 Å². The normalized spacial score (nSPS) is 29.0. The van der Waals surface area contributed by atoms with Crippen molar-refractivity contribution in [3.63, 3.8) is 0 Å². The number of carbonyl (C=O) groups excluding carboxylic acids is 1. The number of benzene rings is 1. The van der Waals surface area contributed by atoms with Gasteiger partial charge in [0.25, 0.3) is 0 Å². The molecule has 1 aromatic carbocycles. The maximum absolute atomic E-state index is 12.2. The van der Waals surface area contributed by atoms with Gasteiger partial charge >= 0.3 is 0 Å². The van der Waals surface area contributed by atoms with Gasteiger partial charge < -0.3 is 14.8 Å². The third kappa shape index (κ3) is 4.62. The molecular formula is C21H31NO3. The SMILES string of the molecule is CCc1ccc([C@H]2C[C@@H](NC(=O)CCOC)[C@@H]3CCCC[C@H]3O2)cc1. The fraction of sp³-hybridized carbons (Fsp3) is 0.667. The Bertz CT molecular complexity index is 557. The summed E-state index contributed by atoms with van der Waals surface area (Å²) in [4.78, 5) is 12.2. The number of carbonyl (C=O) groups is 1. The lowest BCUT2D eigenvalue weighted by Gasteiger charge is -2.45. The first-order valence-electron chi connectivity index (χ1n) is 9.74. The van der Waals surface area contributed by atoms with E-state index < -0.39 is 0 Å². The third-order valence-electron chi connectivity index (χ3n) is 5.72. The first-order valence-corrected chi connectivity index (χ1v) is 9.74. The number of rotatable bonds is 6. The van der Waals surface area contributed by atoms with E-state index in [1.807, 2.05) is 0 Å². The standard InChI is InChI=1S/C21H31NO3/c1-3-15-8-10-16(11-9-15)20-14-18(22-21(23)12-13-24-2)17-6-4-5-7-19(17)25-20/h8-11,17-20H,3-7,12-14H2,1-2H3,(H,22,23)/t17-,18+,19+,20+/m0/s1. The molecule has 0 radical (unpaired) electrons. The number of ether oxygens (including phenoxy) is 2. The molecule has 1 aliphatic heterocycles. The second-order valence-electron chi connectivity index (χ2n) is 7.36. The van der Waals surface area contributed by atoms with E-state index in [0.717, 1.165) is 25.7 Å². The molecule has 1 aliphatic carbocycles. The topological polar surface area (TPSA) is 47.6 Å². The van der Waals surface area contributed by atoms with Crippen LogP contribution < -0.4 is 5.32 Å². The van der Waals surface area contributed by atoms with Gasteiger partial charge in [-0.15, -0.1) is 0 Å². The molecule has 2 fully saturated rings. The van der Waals surface area contributed by atoms with Gasteiger partial charge in [0.1, 0.15) is 0 Å². The van der Waals surface area contributed by atoms with E-state index in [4.69, 9.17) is 9.47 Å². The monoisotopic (exact) mass is 345 g/mol. The Morgan fingerprint density at radius 3 is 2.72 bits per heavy atom. The molecule has 1 saturated carbocycles. The summed E-state index contributed by atoms with van der Waals surface area (Å²) in [5, 5.41) is 3.28. The van der Waals surface area contributed by atoms with Crippen molar-refractivity contribution in [3.05, 3.63) is 35.4 Å². The molecule has 0 aromatic heterocycles. The second-order valence-corrected chi connectivity index (χ2v) is 7.36. The van der Waals surface area contributed by atoms with E-state index in [1.54, 1.807) is 7.11 Å². The average molecular weight is 345 g/mol. The molecule has 25 heavy (non-hydrogen) atoms. The highest BCUT2D eigenvalue weighted by atomic mass is 16.5. The van der Waals surface area contributed by atoms with Crippen LogP contribution in [0.15, 0.2) is 24.3 Å². The smallest absolute Gasteiger partial charge is 0.222 e.